The number of para-hydroxylation sites is 1. The minimum atomic E-state index is 1.04. The molecule has 214 valence electrons. The van der Waals surface area contributed by atoms with Gasteiger partial charge >= 0.3 is 0 Å². The summed E-state index contributed by atoms with van der Waals surface area (Å²) in [6.07, 6.45) is 0. The van der Waals surface area contributed by atoms with E-state index in [0.717, 1.165) is 14.6 Å². The van der Waals surface area contributed by atoms with E-state index in [1.165, 1.54) is 66.3 Å². The van der Waals surface area contributed by atoms with Crippen LogP contribution in [0.3, 0.4) is 0 Å². The summed E-state index contributed by atoms with van der Waals surface area (Å²) in [4.78, 5) is 0. The van der Waals surface area contributed by atoms with E-state index in [0.29, 0.717) is 0 Å². The topological polar surface area (TPSA) is 4.93 Å². The fourth-order valence-corrected chi connectivity index (χ4v) is 7.65. The summed E-state index contributed by atoms with van der Waals surface area (Å²) in [5, 5.41) is 2.44. The zero-order valence-electron chi connectivity index (χ0n) is 24.3. The Morgan fingerprint density at radius 3 is 1.04 bits per heavy atom. The maximum atomic E-state index is 3.84. The summed E-state index contributed by atoms with van der Waals surface area (Å²) in [5.74, 6) is 0. The van der Waals surface area contributed by atoms with Gasteiger partial charge in [-0.15, -0.1) is 0 Å². The van der Waals surface area contributed by atoms with Crippen LogP contribution >= 0.6 is 31.9 Å². The van der Waals surface area contributed by atoms with Gasteiger partial charge in [-0.2, -0.15) is 0 Å². The number of benzene rings is 7. The molecule has 0 aliphatic carbocycles. The van der Waals surface area contributed by atoms with Crippen LogP contribution in [0.2, 0.25) is 0 Å². The number of rotatable bonds is 5. The maximum Gasteiger partial charge on any atom is 0.0746 e. The summed E-state index contributed by atoms with van der Waals surface area (Å²) in [7, 11) is 0. The SMILES string of the molecule is Brc1cccc(Br)c1-n1c2ccc(-c3ccc(-c4ccccc4)cc3)cc2c2cc(-c3ccc(-c4ccccc4)cc3)ccc21. The van der Waals surface area contributed by atoms with Crippen LogP contribution in [0.5, 0.6) is 0 Å². The van der Waals surface area contributed by atoms with Crippen molar-refractivity contribution in [3.63, 3.8) is 0 Å². The number of halogens is 2. The minimum Gasteiger partial charge on any atom is -0.307 e. The third kappa shape index (κ3) is 5.12. The molecule has 3 heteroatoms. The first-order valence-corrected chi connectivity index (χ1v) is 16.6. The first-order chi connectivity index (χ1) is 22.1. The van der Waals surface area contributed by atoms with Gasteiger partial charge in [-0.05, 0) is 113 Å². The molecule has 0 spiro atoms. The maximum absolute atomic E-state index is 3.84. The van der Waals surface area contributed by atoms with Crippen molar-refractivity contribution in [1.82, 2.24) is 4.57 Å². The van der Waals surface area contributed by atoms with Crippen LogP contribution < -0.4 is 0 Å². The van der Waals surface area contributed by atoms with E-state index in [4.69, 9.17) is 0 Å². The molecule has 0 atom stereocenters. The zero-order valence-corrected chi connectivity index (χ0v) is 27.5. The molecule has 1 heterocycles. The Balaban J connectivity index is 1.28. The Morgan fingerprint density at radius 2 is 0.644 bits per heavy atom. The van der Waals surface area contributed by atoms with E-state index in [-0.39, 0.29) is 0 Å². The molecule has 45 heavy (non-hydrogen) atoms. The molecular weight excluding hydrogens is 678 g/mol. The molecule has 0 amide bonds. The average Bonchev–Trinajstić information content (AvgIpc) is 3.42. The third-order valence-electron chi connectivity index (χ3n) is 8.58. The van der Waals surface area contributed by atoms with Crippen molar-refractivity contribution in [3.05, 3.63) is 173 Å². The lowest BCUT2D eigenvalue weighted by molar-refractivity contribution is 1.16. The molecule has 0 saturated heterocycles. The summed E-state index contributed by atoms with van der Waals surface area (Å²) in [6.45, 7) is 0. The first-order valence-electron chi connectivity index (χ1n) is 15.0. The molecule has 0 saturated carbocycles. The van der Waals surface area contributed by atoms with Gasteiger partial charge in [0.2, 0.25) is 0 Å². The highest BCUT2D eigenvalue weighted by Crippen LogP contribution is 2.41. The second kappa shape index (κ2) is 11.7. The Hall–Kier alpha value is -4.70. The number of hydrogen-bond donors (Lipinski definition) is 0. The Morgan fingerprint density at radius 1 is 0.311 bits per heavy atom. The van der Waals surface area contributed by atoms with E-state index in [1.54, 1.807) is 0 Å². The Bertz CT molecular complexity index is 2140. The molecule has 8 aromatic rings. The zero-order chi connectivity index (χ0) is 30.3. The van der Waals surface area contributed by atoms with Gasteiger partial charge in [0.1, 0.15) is 0 Å². The fourth-order valence-electron chi connectivity index (χ4n) is 6.30. The van der Waals surface area contributed by atoms with Crippen LogP contribution in [0.25, 0.3) is 72.0 Å². The van der Waals surface area contributed by atoms with Crippen molar-refractivity contribution in [2.45, 2.75) is 0 Å². The monoisotopic (exact) mass is 703 g/mol. The molecule has 1 aromatic heterocycles. The third-order valence-corrected chi connectivity index (χ3v) is 9.86. The molecule has 0 unspecified atom stereocenters. The van der Waals surface area contributed by atoms with Gasteiger partial charge in [0.15, 0.2) is 0 Å². The van der Waals surface area contributed by atoms with Crippen molar-refractivity contribution in [2.75, 3.05) is 0 Å². The Labute approximate surface area is 279 Å². The Kier molecular flexibility index (Phi) is 7.21. The van der Waals surface area contributed by atoms with E-state index in [2.05, 4.69) is 200 Å². The first kappa shape index (κ1) is 27.8. The fraction of sp³-hybridized carbons (Fsp3) is 0. The highest BCUT2D eigenvalue weighted by atomic mass is 79.9. The van der Waals surface area contributed by atoms with Gasteiger partial charge in [0.25, 0.3) is 0 Å². The lowest BCUT2D eigenvalue weighted by atomic mass is 9.97. The van der Waals surface area contributed by atoms with Crippen molar-refractivity contribution < 1.29 is 0 Å². The average molecular weight is 705 g/mol. The van der Waals surface area contributed by atoms with Crippen molar-refractivity contribution in [1.29, 1.82) is 0 Å². The standard InChI is InChI=1S/C42H27Br2N/c43-38-12-7-13-39(44)42(38)45-40-24-22-34(32-18-14-30(15-19-32)28-8-3-1-4-9-28)26-36(40)37-27-35(23-25-41(37)45)33-20-16-31(17-21-33)29-10-5-2-6-11-29/h1-27H. The van der Waals surface area contributed by atoms with E-state index < -0.39 is 0 Å². The largest absolute Gasteiger partial charge is 0.307 e. The highest BCUT2D eigenvalue weighted by molar-refractivity contribution is 9.11. The minimum absolute atomic E-state index is 1.04. The van der Waals surface area contributed by atoms with E-state index >= 15 is 0 Å². The molecule has 0 N–H and O–H groups in total. The molecule has 0 bridgehead atoms. The second-order valence-corrected chi connectivity index (χ2v) is 13.0. The number of nitrogens with zero attached hydrogens (tertiary/aromatic N) is 1. The highest BCUT2D eigenvalue weighted by Gasteiger charge is 2.18. The summed E-state index contributed by atoms with van der Waals surface area (Å²) >= 11 is 7.69. The summed E-state index contributed by atoms with van der Waals surface area (Å²) < 4.78 is 4.44. The molecule has 0 radical (unpaired) electrons. The van der Waals surface area contributed by atoms with Crippen molar-refractivity contribution in [3.8, 4) is 50.2 Å². The molecule has 7 aromatic carbocycles. The lowest BCUT2D eigenvalue weighted by Gasteiger charge is -2.13. The van der Waals surface area contributed by atoms with Crippen LogP contribution in [-0.4, -0.2) is 4.57 Å². The molecule has 0 aliphatic rings. The van der Waals surface area contributed by atoms with Crippen molar-refractivity contribution >= 4 is 53.7 Å². The van der Waals surface area contributed by atoms with E-state index in [1.807, 2.05) is 0 Å². The number of fused-ring (bicyclic) bond motifs is 3. The second-order valence-electron chi connectivity index (χ2n) is 11.3. The van der Waals surface area contributed by atoms with Crippen molar-refractivity contribution in [2.24, 2.45) is 0 Å². The number of hydrogen-bond acceptors (Lipinski definition) is 0. The van der Waals surface area contributed by atoms with Gasteiger partial charge in [0.05, 0.1) is 16.7 Å². The van der Waals surface area contributed by atoms with Crippen LogP contribution in [-0.2, 0) is 0 Å². The van der Waals surface area contributed by atoms with Crippen LogP contribution in [0.4, 0.5) is 0 Å². The lowest BCUT2D eigenvalue weighted by Crippen LogP contribution is -1.96. The predicted octanol–water partition coefficient (Wildman–Crippen LogP) is 13.0. The predicted molar refractivity (Wildman–Crippen MR) is 198 cm³/mol. The summed E-state index contributed by atoms with van der Waals surface area (Å²) in [6, 6.07) is 58.8. The van der Waals surface area contributed by atoms with Crippen LogP contribution in [0, 0.1) is 0 Å². The van der Waals surface area contributed by atoms with Crippen LogP contribution in [0.15, 0.2) is 173 Å². The van der Waals surface area contributed by atoms with Gasteiger partial charge in [-0.25, -0.2) is 0 Å². The molecule has 0 aliphatic heterocycles. The normalized spacial score (nSPS) is 11.3. The van der Waals surface area contributed by atoms with E-state index in [9.17, 15) is 0 Å². The van der Waals surface area contributed by atoms with Gasteiger partial charge < -0.3 is 4.57 Å². The van der Waals surface area contributed by atoms with Gasteiger partial charge in [0, 0.05) is 19.7 Å². The number of aromatic nitrogens is 1. The summed E-state index contributed by atoms with van der Waals surface area (Å²) in [5.41, 5.74) is 13.1. The van der Waals surface area contributed by atoms with Gasteiger partial charge in [-0.1, -0.05) is 127 Å². The molecular formula is C42H27Br2N. The molecule has 1 nitrogen and oxygen atoms in total. The molecule has 8 rings (SSSR count). The smallest absolute Gasteiger partial charge is 0.0746 e. The quantitative estimate of drug-likeness (QED) is 0.168. The van der Waals surface area contributed by atoms with Crippen LogP contribution in [0.1, 0.15) is 0 Å². The van der Waals surface area contributed by atoms with Gasteiger partial charge in [-0.3, -0.25) is 0 Å². The molecule has 0 fully saturated rings.